The summed E-state index contributed by atoms with van der Waals surface area (Å²) < 4.78 is 12.8. The zero-order valence-electron chi connectivity index (χ0n) is 14.0. The molecule has 0 atom stereocenters. The predicted molar refractivity (Wildman–Crippen MR) is 101 cm³/mol. The molecule has 0 unspecified atom stereocenters. The Morgan fingerprint density at radius 1 is 1.29 bits per heavy atom. The van der Waals surface area contributed by atoms with E-state index in [0.29, 0.717) is 6.54 Å². The summed E-state index contributed by atoms with van der Waals surface area (Å²) in [6.45, 7) is 6.38. The van der Waals surface area contributed by atoms with E-state index in [4.69, 9.17) is 0 Å². The van der Waals surface area contributed by atoms with Gasteiger partial charge in [-0.1, -0.05) is 0 Å². The number of thiazole rings is 1. The van der Waals surface area contributed by atoms with E-state index in [0.717, 1.165) is 46.0 Å². The number of thioether (sulfide) groups is 1. The molecule has 2 N–H and O–H groups in total. The standard InChI is InChI=1S/C17H23FN4S2/c1-3-19-17(22-12-16-11-21-13(2)24-16)20-9-4-10-23-15-7-5-14(18)6-8-15/h5-8,11H,3-4,9-10,12H2,1-2H3,(H2,19,20,22). The lowest BCUT2D eigenvalue weighted by Gasteiger charge is -2.10. The summed E-state index contributed by atoms with van der Waals surface area (Å²) in [5.41, 5.74) is 0. The Kier molecular flexibility index (Phi) is 8.04. The van der Waals surface area contributed by atoms with E-state index < -0.39 is 0 Å². The number of aryl methyl sites for hydroxylation is 1. The van der Waals surface area contributed by atoms with Gasteiger partial charge < -0.3 is 10.6 Å². The molecule has 2 rings (SSSR count). The van der Waals surface area contributed by atoms with Crippen LogP contribution in [0, 0.1) is 12.7 Å². The van der Waals surface area contributed by atoms with Crippen LogP contribution in [0.5, 0.6) is 0 Å². The molecular formula is C17H23FN4S2. The van der Waals surface area contributed by atoms with Crippen LogP contribution >= 0.6 is 23.1 Å². The van der Waals surface area contributed by atoms with Crippen molar-refractivity contribution < 1.29 is 4.39 Å². The summed E-state index contributed by atoms with van der Waals surface area (Å²) in [6, 6.07) is 6.63. The van der Waals surface area contributed by atoms with Crippen molar-refractivity contribution in [2.45, 2.75) is 31.7 Å². The number of hydrogen-bond donors (Lipinski definition) is 2. The third kappa shape index (κ3) is 6.88. The first-order valence-electron chi connectivity index (χ1n) is 7.99. The molecule has 0 aliphatic rings. The lowest BCUT2D eigenvalue weighted by molar-refractivity contribution is 0.626. The highest BCUT2D eigenvalue weighted by atomic mass is 32.2. The summed E-state index contributed by atoms with van der Waals surface area (Å²) in [4.78, 5) is 11.1. The van der Waals surface area contributed by atoms with Gasteiger partial charge in [-0.05, 0) is 50.3 Å². The maximum atomic E-state index is 12.8. The van der Waals surface area contributed by atoms with Crippen LogP contribution in [0.15, 0.2) is 40.4 Å². The van der Waals surface area contributed by atoms with Crippen LogP contribution < -0.4 is 10.6 Å². The van der Waals surface area contributed by atoms with Gasteiger partial charge in [-0.2, -0.15) is 0 Å². The molecule has 4 nitrogen and oxygen atoms in total. The number of nitrogens with one attached hydrogen (secondary N) is 2. The van der Waals surface area contributed by atoms with Gasteiger partial charge in [-0.25, -0.2) is 14.4 Å². The minimum Gasteiger partial charge on any atom is -0.357 e. The first kappa shape index (κ1) is 18.7. The lowest BCUT2D eigenvalue weighted by atomic mass is 10.4. The molecule has 1 aromatic carbocycles. The van der Waals surface area contributed by atoms with Crippen molar-refractivity contribution in [3.8, 4) is 0 Å². The van der Waals surface area contributed by atoms with Gasteiger partial charge in [0, 0.05) is 29.1 Å². The number of aromatic nitrogens is 1. The molecule has 1 heterocycles. The Balaban J connectivity index is 1.69. The average molecular weight is 367 g/mol. The highest BCUT2D eigenvalue weighted by Crippen LogP contribution is 2.18. The van der Waals surface area contributed by atoms with Crippen molar-refractivity contribution in [2.75, 3.05) is 18.8 Å². The van der Waals surface area contributed by atoms with E-state index in [1.54, 1.807) is 23.1 Å². The average Bonchev–Trinajstić information content (AvgIpc) is 2.99. The van der Waals surface area contributed by atoms with Crippen LogP contribution in [0.3, 0.4) is 0 Å². The fraction of sp³-hybridized carbons (Fsp3) is 0.412. The van der Waals surface area contributed by atoms with Gasteiger partial charge in [0.15, 0.2) is 5.96 Å². The molecule has 0 amide bonds. The molecule has 0 bridgehead atoms. The van der Waals surface area contributed by atoms with Crippen LogP contribution in [-0.2, 0) is 6.54 Å². The number of nitrogens with zero attached hydrogens (tertiary/aromatic N) is 2. The quantitative estimate of drug-likeness (QED) is 0.323. The number of aliphatic imine (C=N–C) groups is 1. The summed E-state index contributed by atoms with van der Waals surface area (Å²) >= 11 is 3.41. The summed E-state index contributed by atoms with van der Waals surface area (Å²) in [6.07, 6.45) is 2.89. The predicted octanol–water partition coefficient (Wildman–Crippen LogP) is 3.83. The molecule has 7 heteroatoms. The first-order chi connectivity index (χ1) is 11.7. The Morgan fingerprint density at radius 2 is 2.08 bits per heavy atom. The normalized spacial score (nSPS) is 11.5. The Bertz CT molecular complexity index is 640. The second kappa shape index (κ2) is 10.3. The van der Waals surface area contributed by atoms with Crippen LogP contribution in [0.2, 0.25) is 0 Å². The van der Waals surface area contributed by atoms with Crippen molar-refractivity contribution in [2.24, 2.45) is 4.99 Å². The molecule has 0 saturated heterocycles. The monoisotopic (exact) mass is 366 g/mol. The molecule has 2 aromatic rings. The van der Waals surface area contributed by atoms with Gasteiger partial charge in [-0.3, -0.25) is 0 Å². The third-order valence-corrected chi connectivity index (χ3v) is 5.10. The lowest BCUT2D eigenvalue weighted by Crippen LogP contribution is -2.37. The largest absolute Gasteiger partial charge is 0.357 e. The van der Waals surface area contributed by atoms with Gasteiger partial charge in [0.25, 0.3) is 0 Å². The number of guanidine groups is 1. The molecule has 1 aromatic heterocycles. The van der Waals surface area contributed by atoms with Gasteiger partial charge in [-0.15, -0.1) is 23.1 Å². The van der Waals surface area contributed by atoms with E-state index in [1.807, 2.05) is 25.3 Å². The molecule has 130 valence electrons. The number of hydrogen-bond acceptors (Lipinski definition) is 4. The summed E-state index contributed by atoms with van der Waals surface area (Å²) in [5.74, 6) is 1.62. The summed E-state index contributed by atoms with van der Waals surface area (Å²) in [7, 11) is 0. The fourth-order valence-electron chi connectivity index (χ4n) is 1.98. The van der Waals surface area contributed by atoms with Gasteiger partial charge in [0.05, 0.1) is 11.6 Å². The molecule has 0 spiro atoms. The Hall–Kier alpha value is -1.60. The molecule has 0 aliphatic heterocycles. The van der Waals surface area contributed by atoms with Gasteiger partial charge >= 0.3 is 0 Å². The van der Waals surface area contributed by atoms with Gasteiger partial charge in [0.1, 0.15) is 5.82 Å². The van der Waals surface area contributed by atoms with Crippen molar-refractivity contribution >= 4 is 29.1 Å². The van der Waals surface area contributed by atoms with Crippen LogP contribution in [-0.4, -0.2) is 29.8 Å². The van der Waals surface area contributed by atoms with Gasteiger partial charge in [0.2, 0.25) is 0 Å². The smallest absolute Gasteiger partial charge is 0.191 e. The topological polar surface area (TPSA) is 49.3 Å². The van der Waals surface area contributed by atoms with E-state index in [2.05, 4.69) is 27.5 Å². The molecule has 0 radical (unpaired) electrons. The van der Waals surface area contributed by atoms with Crippen LogP contribution in [0.1, 0.15) is 23.2 Å². The van der Waals surface area contributed by atoms with Crippen molar-refractivity contribution in [1.29, 1.82) is 0 Å². The molecule has 0 fully saturated rings. The van der Waals surface area contributed by atoms with Crippen molar-refractivity contribution in [1.82, 2.24) is 15.6 Å². The number of rotatable bonds is 8. The van der Waals surface area contributed by atoms with Crippen molar-refractivity contribution in [3.63, 3.8) is 0 Å². The second-order valence-corrected chi connectivity index (χ2v) is 7.61. The van der Waals surface area contributed by atoms with E-state index in [1.165, 1.54) is 12.1 Å². The molecule has 0 saturated carbocycles. The van der Waals surface area contributed by atoms with E-state index in [-0.39, 0.29) is 5.82 Å². The van der Waals surface area contributed by atoms with Crippen LogP contribution in [0.25, 0.3) is 0 Å². The minimum absolute atomic E-state index is 0.191. The SMILES string of the molecule is CCNC(=NCc1cnc(C)s1)NCCCSc1ccc(F)cc1. The number of benzene rings is 1. The molecule has 0 aliphatic carbocycles. The fourth-order valence-corrected chi connectivity index (χ4v) is 3.55. The zero-order valence-corrected chi connectivity index (χ0v) is 15.6. The maximum absolute atomic E-state index is 12.8. The Morgan fingerprint density at radius 3 is 2.75 bits per heavy atom. The zero-order chi connectivity index (χ0) is 17.2. The molecule has 24 heavy (non-hydrogen) atoms. The second-order valence-electron chi connectivity index (χ2n) is 5.12. The van der Waals surface area contributed by atoms with E-state index >= 15 is 0 Å². The van der Waals surface area contributed by atoms with Crippen LogP contribution in [0.4, 0.5) is 4.39 Å². The number of halogens is 1. The minimum atomic E-state index is -0.191. The molecular weight excluding hydrogens is 343 g/mol. The van der Waals surface area contributed by atoms with E-state index in [9.17, 15) is 4.39 Å². The van der Waals surface area contributed by atoms with Crippen molar-refractivity contribution in [3.05, 3.63) is 46.2 Å². The highest BCUT2D eigenvalue weighted by molar-refractivity contribution is 7.99. The highest BCUT2D eigenvalue weighted by Gasteiger charge is 2.00. The third-order valence-electron chi connectivity index (χ3n) is 3.10. The maximum Gasteiger partial charge on any atom is 0.191 e. The summed E-state index contributed by atoms with van der Waals surface area (Å²) in [5, 5.41) is 7.66. The Labute approximate surface area is 151 Å². The first-order valence-corrected chi connectivity index (χ1v) is 9.79.